The van der Waals surface area contributed by atoms with Gasteiger partial charge in [0, 0.05) is 4.47 Å². The lowest BCUT2D eigenvalue weighted by atomic mass is 10.2. The molecule has 2 aromatic rings. The van der Waals surface area contributed by atoms with E-state index in [0.29, 0.717) is 17.1 Å². The Balaban J connectivity index is 2.37. The number of amides is 1. The van der Waals surface area contributed by atoms with E-state index in [-0.39, 0.29) is 0 Å². The van der Waals surface area contributed by atoms with Gasteiger partial charge in [-0.1, -0.05) is 28.1 Å². The average molecular weight is 306 g/mol. The molecule has 0 bridgehead atoms. The molecular formula is C14H12BrNO2. The van der Waals surface area contributed by atoms with Crippen molar-refractivity contribution < 1.29 is 9.53 Å². The number of para-hydroxylation sites is 1. The molecule has 0 fully saturated rings. The summed E-state index contributed by atoms with van der Waals surface area (Å²) in [5.74, 6) is 0.669. The van der Waals surface area contributed by atoms with E-state index < -0.39 is 5.91 Å². The quantitative estimate of drug-likeness (QED) is 0.941. The molecular weight excluding hydrogens is 294 g/mol. The molecule has 0 aliphatic rings. The molecule has 0 atom stereocenters. The molecule has 1 amide bonds. The molecule has 0 saturated heterocycles. The van der Waals surface area contributed by atoms with Crippen molar-refractivity contribution in [2.75, 3.05) is 0 Å². The number of carbonyl (C=O) groups is 1. The number of rotatable bonds is 3. The minimum atomic E-state index is -0.500. The topological polar surface area (TPSA) is 52.3 Å². The molecule has 18 heavy (non-hydrogen) atoms. The second-order valence-electron chi connectivity index (χ2n) is 3.87. The molecule has 0 spiro atoms. The predicted octanol–water partition coefficient (Wildman–Crippen LogP) is 3.65. The van der Waals surface area contributed by atoms with Gasteiger partial charge in [0.15, 0.2) is 0 Å². The van der Waals surface area contributed by atoms with Crippen LogP contribution in [0.4, 0.5) is 0 Å². The molecule has 92 valence electrons. The van der Waals surface area contributed by atoms with Crippen LogP contribution in [-0.4, -0.2) is 5.91 Å². The average Bonchev–Trinajstić information content (AvgIpc) is 2.33. The Bertz CT molecular complexity index is 596. The van der Waals surface area contributed by atoms with Crippen molar-refractivity contribution in [3.05, 3.63) is 58.1 Å². The molecule has 0 unspecified atom stereocenters. The maximum absolute atomic E-state index is 11.3. The minimum Gasteiger partial charge on any atom is -0.456 e. The Kier molecular flexibility index (Phi) is 3.67. The first-order valence-corrected chi connectivity index (χ1v) is 6.20. The standard InChI is InChI=1S/C14H12BrNO2/c1-9-8-10(15)6-7-12(9)18-13-5-3-2-4-11(13)14(16)17/h2-8H,1H3,(H2,16,17). The first-order valence-electron chi connectivity index (χ1n) is 5.41. The lowest BCUT2D eigenvalue weighted by Crippen LogP contribution is -2.12. The van der Waals surface area contributed by atoms with Crippen LogP contribution < -0.4 is 10.5 Å². The highest BCUT2D eigenvalue weighted by atomic mass is 79.9. The second-order valence-corrected chi connectivity index (χ2v) is 4.79. The Hall–Kier alpha value is -1.81. The monoisotopic (exact) mass is 305 g/mol. The molecule has 0 aliphatic heterocycles. The predicted molar refractivity (Wildman–Crippen MR) is 73.9 cm³/mol. The molecule has 2 rings (SSSR count). The highest BCUT2D eigenvalue weighted by Gasteiger charge is 2.10. The molecule has 0 aliphatic carbocycles. The van der Waals surface area contributed by atoms with Gasteiger partial charge in [-0.15, -0.1) is 0 Å². The Morgan fingerprint density at radius 3 is 2.56 bits per heavy atom. The summed E-state index contributed by atoms with van der Waals surface area (Å²) in [6.45, 7) is 1.94. The zero-order valence-electron chi connectivity index (χ0n) is 9.81. The van der Waals surface area contributed by atoms with Gasteiger partial charge in [-0.3, -0.25) is 4.79 Å². The number of primary amides is 1. The number of aryl methyl sites for hydroxylation is 1. The summed E-state index contributed by atoms with van der Waals surface area (Å²) in [5, 5.41) is 0. The largest absolute Gasteiger partial charge is 0.456 e. The number of hydrogen-bond acceptors (Lipinski definition) is 2. The number of benzene rings is 2. The van der Waals surface area contributed by atoms with Crippen LogP contribution in [0.25, 0.3) is 0 Å². The van der Waals surface area contributed by atoms with E-state index in [9.17, 15) is 4.79 Å². The highest BCUT2D eigenvalue weighted by Crippen LogP contribution is 2.29. The SMILES string of the molecule is Cc1cc(Br)ccc1Oc1ccccc1C(N)=O. The van der Waals surface area contributed by atoms with Crippen molar-refractivity contribution in [2.24, 2.45) is 5.73 Å². The summed E-state index contributed by atoms with van der Waals surface area (Å²) < 4.78 is 6.72. The van der Waals surface area contributed by atoms with E-state index in [2.05, 4.69) is 15.9 Å². The Labute approximate surface area is 114 Å². The molecule has 0 radical (unpaired) electrons. The van der Waals surface area contributed by atoms with Crippen LogP contribution in [0.2, 0.25) is 0 Å². The van der Waals surface area contributed by atoms with E-state index in [0.717, 1.165) is 10.0 Å². The van der Waals surface area contributed by atoms with Gasteiger partial charge in [-0.05, 0) is 42.8 Å². The van der Waals surface area contributed by atoms with Crippen LogP contribution in [0.1, 0.15) is 15.9 Å². The fourth-order valence-corrected chi connectivity index (χ4v) is 2.08. The third-order valence-electron chi connectivity index (χ3n) is 2.51. The van der Waals surface area contributed by atoms with E-state index >= 15 is 0 Å². The molecule has 0 saturated carbocycles. The van der Waals surface area contributed by atoms with Crippen LogP contribution in [0.15, 0.2) is 46.9 Å². The van der Waals surface area contributed by atoms with Crippen LogP contribution in [0.3, 0.4) is 0 Å². The zero-order valence-corrected chi connectivity index (χ0v) is 11.4. The van der Waals surface area contributed by atoms with E-state index in [1.54, 1.807) is 24.3 Å². The maximum atomic E-state index is 11.3. The minimum absolute atomic E-state index is 0.375. The van der Waals surface area contributed by atoms with E-state index in [4.69, 9.17) is 10.5 Å². The van der Waals surface area contributed by atoms with Crippen LogP contribution in [0.5, 0.6) is 11.5 Å². The summed E-state index contributed by atoms with van der Waals surface area (Å²) >= 11 is 3.39. The molecule has 2 N–H and O–H groups in total. The maximum Gasteiger partial charge on any atom is 0.252 e. The summed E-state index contributed by atoms with van der Waals surface area (Å²) in [6.07, 6.45) is 0. The van der Waals surface area contributed by atoms with Gasteiger partial charge < -0.3 is 10.5 Å². The molecule has 2 aromatic carbocycles. The zero-order chi connectivity index (χ0) is 13.1. The van der Waals surface area contributed by atoms with Crippen LogP contribution >= 0.6 is 15.9 Å². The summed E-state index contributed by atoms with van der Waals surface area (Å²) in [5.41, 5.74) is 6.65. The van der Waals surface area contributed by atoms with Crippen LogP contribution in [0, 0.1) is 6.92 Å². The van der Waals surface area contributed by atoms with Crippen molar-refractivity contribution in [2.45, 2.75) is 6.92 Å². The number of halogens is 1. The van der Waals surface area contributed by atoms with E-state index in [1.165, 1.54) is 0 Å². The fraction of sp³-hybridized carbons (Fsp3) is 0.0714. The first-order chi connectivity index (χ1) is 8.58. The van der Waals surface area contributed by atoms with Crippen molar-refractivity contribution in [1.29, 1.82) is 0 Å². The Morgan fingerprint density at radius 1 is 1.17 bits per heavy atom. The lowest BCUT2D eigenvalue weighted by molar-refractivity contribution is 0.0998. The van der Waals surface area contributed by atoms with E-state index in [1.807, 2.05) is 25.1 Å². The van der Waals surface area contributed by atoms with Gasteiger partial charge in [-0.2, -0.15) is 0 Å². The van der Waals surface area contributed by atoms with Crippen LogP contribution in [-0.2, 0) is 0 Å². The lowest BCUT2D eigenvalue weighted by Gasteiger charge is -2.11. The number of carbonyl (C=O) groups excluding carboxylic acids is 1. The summed E-state index contributed by atoms with van der Waals surface area (Å²) in [6, 6.07) is 12.6. The van der Waals surface area contributed by atoms with Crippen molar-refractivity contribution in [3.63, 3.8) is 0 Å². The van der Waals surface area contributed by atoms with Crippen molar-refractivity contribution >= 4 is 21.8 Å². The fourth-order valence-electron chi connectivity index (χ4n) is 1.60. The van der Waals surface area contributed by atoms with Gasteiger partial charge in [0.2, 0.25) is 0 Å². The second kappa shape index (κ2) is 5.23. The first kappa shape index (κ1) is 12.6. The van der Waals surface area contributed by atoms with Crippen molar-refractivity contribution in [1.82, 2.24) is 0 Å². The number of hydrogen-bond donors (Lipinski definition) is 1. The number of nitrogens with two attached hydrogens (primary N) is 1. The smallest absolute Gasteiger partial charge is 0.252 e. The molecule has 0 aromatic heterocycles. The third-order valence-corrected chi connectivity index (χ3v) is 3.00. The highest BCUT2D eigenvalue weighted by molar-refractivity contribution is 9.10. The molecule has 3 nitrogen and oxygen atoms in total. The van der Waals surface area contributed by atoms with Gasteiger partial charge in [0.05, 0.1) is 5.56 Å². The van der Waals surface area contributed by atoms with Gasteiger partial charge in [0.1, 0.15) is 11.5 Å². The third kappa shape index (κ3) is 2.71. The summed E-state index contributed by atoms with van der Waals surface area (Å²) in [4.78, 5) is 11.3. The normalized spacial score (nSPS) is 10.1. The molecule has 4 heteroatoms. The molecule has 0 heterocycles. The number of ether oxygens (including phenoxy) is 1. The van der Waals surface area contributed by atoms with Gasteiger partial charge >= 0.3 is 0 Å². The van der Waals surface area contributed by atoms with Gasteiger partial charge in [-0.25, -0.2) is 0 Å². The summed E-state index contributed by atoms with van der Waals surface area (Å²) in [7, 11) is 0. The Morgan fingerprint density at radius 2 is 1.89 bits per heavy atom. The van der Waals surface area contributed by atoms with Gasteiger partial charge in [0.25, 0.3) is 5.91 Å². The van der Waals surface area contributed by atoms with Crippen molar-refractivity contribution in [3.8, 4) is 11.5 Å².